The van der Waals surface area contributed by atoms with Crippen LogP contribution in [0.4, 0.5) is 0 Å². The van der Waals surface area contributed by atoms with E-state index in [1.54, 1.807) is 0 Å². The molecule has 1 aromatic rings. The van der Waals surface area contributed by atoms with Gasteiger partial charge in [0, 0.05) is 11.1 Å². The third-order valence-corrected chi connectivity index (χ3v) is 4.70. The summed E-state index contributed by atoms with van der Waals surface area (Å²) >= 11 is 8.00. The molecule has 0 aliphatic carbocycles. The van der Waals surface area contributed by atoms with Gasteiger partial charge in [-0.25, -0.2) is 0 Å². The molecule has 1 heterocycles. The molecule has 0 spiro atoms. The Labute approximate surface area is 107 Å². The summed E-state index contributed by atoms with van der Waals surface area (Å²) in [7, 11) is 2.05. The zero-order valence-electron chi connectivity index (χ0n) is 9.58. The van der Waals surface area contributed by atoms with Crippen LogP contribution in [-0.2, 0) is 0 Å². The van der Waals surface area contributed by atoms with Crippen molar-refractivity contribution in [2.24, 2.45) is 5.92 Å². The fourth-order valence-corrected chi connectivity index (χ4v) is 3.70. The molecule has 2 rings (SSSR count). The molecule has 3 heteroatoms. The normalized spacial score (nSPS) is 23.0. The van der Waals surface area contributed by atoms with Crippen molar-refractivity contribution in [3.8, 4) is 0 Å². The van der Waals surface area contributed by atoms with Gasteiger partial charge in [0.1, 0.15) is 0 Å². The number of hydrogen-bond acceptors (Lipinski definition) is 2. The highest BCUT2D eigenvalue weighted by atomic mass is 35.5. The van der Waals surface area contributed by atoms with Crippen LogP contribution in [0.2, 0.25) is 5.02 Å². The van der Waals surface area contributed by atoms with E-state index in [1.165, 1.54) is 29.9 Å². The molecule has 1 nitrogen and oxygen atoms in total. The predicted molar refractivity (Wildman–Crippen MR) is 73.3 cm³/mol. The quantitative estimate of drug-likeness (QED) is 0.883. The minimum atomic E-state index is 0.477. The standard InChI is InChI=1S/C13H18ClNS/c1-15-13(11-3-2-8-16-9-11)10-4-6-12(14)7-5-10/h4-7,11,13,15H,2-3,8-9H2,1H3. The van der Waals surface area contributed by atoms with E-state index in [1.807, 2.05) is 12.1 Å². The van der Waals surface area contributed by atoms with Gasteiger partial charge in [0.2, 0.25) is 0 Å². The summed E-state index contributed by atoms with van der Waals surface area (Å²) in [4.78, 5) is 0. The van der Waals surface area contributed by atoms with Gasteiger partial charge in [0.25, 0.3) is 0 Å². The minimum absolute atomic E-state index is 0.477. The van der Waals surface area contributed by atoms with Gasteiger partial charge in [0.05, 0.1) is 0 Å². The molecule has 1 aromatic carbocycles. The van der Waals surface area contributed by atoms with Crippen LogP contribution in [0.5, 0.6) is 0 Å². The van der Waals surface area contributed by atoms with Crippen molar-refractivity contribution in [2.45, 2.75) is 18.9 Å². The Morgan fingerprint density at radius 3 is 2.69 bits per heavy atom. The van der Waals surface area contributed by atoms with Crippen LogP contribution >= 0.6 is 23.4 Å². The van der Waals surface area contributed by atoms with Gasteiger partial charge in [-0.2, -0.15) is 11.8 Å². The van der Waals surface area contributed by atoms with Gasteiger partial charge in [-0.15, -0.1) is 0 Å². The minimum Gasteiger partial charge on any atom is -0.313 e. The Bertz CT molecular complexity index is 319. The van der Waals surface area contributed by atoms with Crippen molar-refractivity contribution in [2.75, 3.05) is 18.6 Å². The van der Waals surface area contributed by atoms with Gasteiger partial charge >= 0.3 is 0 Å². The molecule has 0 bridgehead atoms. The van der Waals surface area contributed by atoms with Crippen molar-refractivity contribution in [3.05, 3.63) is 34.9 Å². The number of thioether (sulfide) groups is 1. The molecular formula is C13H18ClNS. The molecule has 0 radical (unpaired) electrons. The van der Waals surface area contributed by atoms with Crippen LogP contribution < -0.4 is 5.32 Å². The van der Waals surface area contributed by atoms with Crippen molar-refractivity contribution >= 4 is 23.4 Å². The molecule has 1 saturated heterocycles. The van der Waals surface area contributed by atoms with Crippen LogP contribution in [0.1, 0.15) is 24.4 Å². The number of nitrogens with one attached hydrogen (secondary N) is 1. The van der Waals surface area contributed by atoms with Crippen LogP contribution in [0, 0.1) is 5.92 Å². The lowest BCUT2D eigenvalue weighted by Gasteiger charge is -2.30. The van der Waals surface area contributed by atoms with Crippen molar-refractivity contribution in [1.29, 1.82) is 0 Å². The van der Waals surface area contributed by atoms with E-state index in [2.05, 4.69) is 36.3 Å². The summed E-state index contributed by atoms with van der Waals surface area (Å²) < 4.78 is 0. The first-order valence-electron chi connectivity index (χ1n) is 5.81. The molecule has 16 heavy (non-hydrogen) atoms. The molecule has 88 valence electrons. The number of hydrogen-bond donors (Lipinski definition) is 1. The highest BCUT2D eigenvalue weighted by molar-refractivity contribution is 7.99. The van der Waals surface area contributed by atoms with E-state index in [9.17, 15) is 0 Å². The fourth-order valence-electron chi connectivity index (χ4n) is 2.37. The van der Waals surface area contributed by atoms with Gasteiger partial charge in [0.15, 0.2) is 0 Å². The number of rotatable bonds is 3. The monoisotopic (exact) mass is 255 g/mol. The fraction of sp³-hybridized carbons (Fsp3) is 0.538. The molecule has 1 aliphatic rings. The van der Waals surface area contributed by atoms with Crippen LogP contribution in [0.3, 0.4) is 0 Å². The Morgan fingerprint density at radius 1 is 1.38 bits per heavy atom. The summed E-state index contributed by atoms with van der Waals surface area (Å²) in [5.41, 5.74) is 1.36. The molecule has 2 unspecified atom stereocenters. The molecule has 0 amide bonds. The van der Waals surface area contributed by atoms with E-state index in [4.69, 9.17) is 11.6 Å². The summed E-state index contributed by atoms with van der Waals surface area (Å²) in [6.07, 6.45) is 2.68. The van der Waals surface area contributed by atoms with Crippen molar-refractivity contribution in [1.82, 2.24) is 5.32 Å². The van der Waals surface area contributed by atoms with E-state index in [0.717, 1.165) is 10.9 Å². The van der Waals surface area contributed by atoms with Gasteiger partial charge in [-0.3, -0.25) is 0 Å². The van der Waals surface area contributed by atoms with Crippen LogP contribution in [0.15, 0.2) is 24.3 Å². The Morgan fingerprint density at radius 2 is 2.12 bits per heavy atom. The first-order valence-corrected chi connectivity index (χ1v) is 7.35. The molecule has 1 aliphatic heterocycles. The predicted octanol–water partition coefficient (Wildman–Crippen LogP) is 3.74. The Hall–Kier alpha value is -0.180. The summed E-state index contributed by atoms with van der Waals surface area (Å²) in [6.45, 7) is 0. The van der Waals surface area contributed by atoms with Gasteiger partial charge in [-0.1, -0.05) is 23.7 Å². The van der Waals surface area contributed by atoms with E-state index in [-0.39, 0.29) is 0 Å². The topological polar surface area (TPSA) is 12.0 Å². The average Bonchev–Trinajstić information content (AvgIpc) is 2.34. The number of benzene rings is 1. The van der Waals surface area contributed by atoms with Crippen LogP contribution in [0.25, 0.3) is 0 Å². The highest BCUT2D eigenvalue weighted by Crippen LogP contribution is 2.33. The molecule has 1 fully saturated rings. The Kier molecular flexibility index (Phi) is 4.56. The third-order valence-electron chi connectivity index (χ3n) is 3.21. The molecule has 0 saturated carbocycles. The second-order valence-electron chi connectivity index (χ2n) is 4.30. The maximum absolute atomic E-state index is 5.92. The van der Waals surface area contributed by atoms with Crippen molar-refractivity contribution < 1.29 is 0 Å². The molecular weight excluding hydrogens is 238 g/mol. The summed E-state index contributed by atoms with van der Waals surface area (Å²) in [6, 6.07) is 8.73. The van der Waals surface area contributed by atoms with Gasteiger partial charge < -0.3 is 5.32 Å². The SMILES string of the molecule is CNC(c1ccc(Cl)cc1)C1CCCSC1. The average molecular weight is 256 g/mol. The summed E-state index contributed by atoms with van der Waals surface area (Å²) in [5.74, 6) is 3.35. The van der Waals surface area contributed by atoms with Crippen molar-refractivity contribution in [3.63, 3.8) is 0 Å². The largest absolute Gasteiger partial charge is 0.313 e. The number of halogens is 1. The van der Waals surface area contributed by atoms with E-state index < -0.39 is 0 Å². The second-order valence-corrected chi connectivity index (χ2v) is 5.88. The van der Waals surface area contributed by atoms with E-state index >= 15 is 0 Å². The zero-order valence-corrected chi connectivity index (χ0v) is 11.2. The lowest BCUT2D eigenvalue weighted by Crippen LogP contribution is -2.28. The highest BCUT2D eigenvalue weighted by Gasteiger charge is 2.23. The van der Waals surface area contributed by atoms with E-state index in [0.29, 0.717) is 6.04 Å². The maximum Gasteiger partial charge on any atom is 0.0406 e. The third kappa shape index (κ3) is 2.93. The van der Waals surface area contributed by atoms with Crippen LogP contribution in [-0.4, -0.2) is 18.6 Å². The Balaban J connectivity index is 2.11. The second kappa shape index (κ2) is 5.95. The molecule has 2 atom stereocenters. The lowest BCUT2D eigenvalue weighted by molar-refractivity contribution is 0.384. The smallest absolute Gasteiger partial charge is 0.0406 e. The zero-order chi connectivity index (χ0) is 11.4. The summed E-state index contributed by atoms with van der Waals surface area (Å²) in [5, 5.41) is 4.27. The maximum atomic E-state index is 5.92. The molecule has 0 aromatic heterocycles. The first kappa shape index (κ1) is 12.3. The first-order chi connectivity index (χ1) is 7.81. The van der Waals surface area contributed by atoms with Gasteiger partial charge in [-0.05, 0) is 55.0 Å². The lowest BCUT2D eigenvalue weighted by atomic mass is 9.91. The molecule has 1 N–H and O–H groups in total.